The first-order valence-electron chi connectivity index (χ1n) is 18.2. The van der Waals surface area contributed by atoms with Gasteiger partial charge in [-0.3, -0.25) is 19.2 Å². The minimum Gasteiger partial charge on any atom is -0.445 e. The number of rotatable bonds is 21. The molecule has 0 heterocycles. The van der Waals surface area contributed by atoms with E-state index >= 15 is 0 Å². The van der Waals surface area contributed by atoms with E-state index in [9.17, 15) is 29.1 Å². The number of nitrogens with one attached hydrogen (secondary N) is 5. The summed E-state index contributed by atoms with van der Waals surface area (Å²) in [4.78, 5) is 63.9. The Kier molecular flexibility index (Phi) is 19.4. The van der Waals surface area contributed by atoms with Crippen molar-refractivity contribution in [3.8, 4) is 0 Å². The lowest BCUT2D eigenvalue weighted by Gasteiger charge is -2.33. The second kappa shape index (κ2) is 22.9. The number of benzene rings is 1. The Hall–Kier alpha value is -3.67. The summed E-state index contributed by atoms with van der Waals surface area (Å²) in [6.45, 7) is 9.73. The number of aliphatic hydroxyl groups is 1. The predicted molar refractivity (Wildman–Crippen MR) is 189 cm³/mol. The molecule has 1 aromatic rings. The molecule has 12 nitrogen and oxygen atoms in total. The number of alkyl carbamates (subject to hydrolysis) is 1. The van der Waals surface area contributed by atoms with E-state index in [1.165, 1.54) is 13.3 Å². The van der Waals surface area contributed by atoms with E-state index in [4.69, 9.17) is 4.74 Å². The van der Waals surface area contributed by atoms with Gasteiger partial charge in [-0.15, -0.1) is 0 Å². The lowest BCUT2D eigenvalue weighted by atomic mass is 9.82. The van der Waals surface area contributed by atoms with Crippen LogP contribution in [0.3, 0.4) is 0 Å². The van der Waals surface area contributed by atoms with Gasteiger partial charge in [-0.1, -0.05) is 96.6 Å². The molecule has 0 radical (unpaired) electrons. The highest BCUT2D eigenvalue weighted by molar-refractivity contribution is 5.92. The SMILES string of the molecule is CCCCNC(=O)[C@H](C)C[C@H](O)[C@H](CC1CCCCC1)NC(=O)[C@@H](NC(=O)[C@H](CCCNC(=O)OCc1ccccc1)NC(C)=O)C(C)C. The standard InChI is InChI=1S/C37H61N5O7/c1-6-7-20-38-34(45)26(4)22-32(44)31(23-28-15-10-8-11-16-28)41-36(47)33(25(2)3)42-35(46)30(40-27(5)43)19-14-21-39-37(48)49-24-29-17-12-9-13-18-29/h9,12-13,17-18,25-26,28,30-33,44H,6-8,10-11,14-16,19-24H2,1-5H3,(H,38,45)(H,39,48)(H,40,43)(H,41,47)(H,42,46)/t26-,30+,31+,32+,33+/m1/s1. The van der Waals surface area contributed by atoms with Crippen LogP contribution in [0.1, 0.15) is 111 Å². The Balaban J connectivity index is 2.01. The summed E-state index contributed by atoms with van der Waals surface area (Å²) in [5, 5.41) is 25.4. The third-order valence-corrected chi connectivity index (χ3v) is 9.07. The number of carbonyl (C=O) groups is 5. The first-order valence-corrected chi connectivity index (χ1v) is 18.2. The van der Waals surface area contributed by atoms with Gasteiger partial charge in [0, 0.05) is 25.9 Å². The van der Waals surface area contributed by atoms with Crippen molar-refractivity contribution in [1.82, 2.24) is 26.6 Å². The van der Waals surface area contributed by atoms with Crippen LogP contribution in [0.4, 0.5) is 4.79 Å². The van der Waals surface area contributed by atoms with E-state index < -0.39 is 54.0 Å². The number of hydrogen-bond donors (Lipinski definition) is 6. The summed E-state index contributed by atoms with van der Waals surface area (Å²) < 4.78 is 5.22. The molecule has 0 aliphatic heterocycles. The molecule has 5 amide bonds. The zero-order valence-corrected chi connectivity index (χ0v) is 30.2. The van der Waals surface area contributed by atoms with Crippen molar-refractivity contribution >= 4 is 29.7 Å². The van der Waals surface area contributed by atoms with Gasteiger partial charge in [0.1, 0.15) is 18.7 Å². The third-order valence-electron chi connectivity index (χ3n) is 9.07. The van der Waals surface area contributed by atoms with Gasteiger partial charge in [0.15, 0.2) is 0 Å². The van der Waals surface area contributed by atoms with E-state index in [1.54, 1.807) is 6.92 Å². The fraction of sp³-hybridized carbons (Fsp3) is 0.703. The maximum absolute atomic E-state index is 13.8. The van der Waals surface area contributed by atoms with Crippen LogP contribution >= 0.6 is 0 Å². The Labute approximate surface area is 292 Å². The van der Waals surface area contributed by atoms with E-state index in [2.05, 4.69) is 33.5 Å². The van der Waals surface area contributed by atoms with Crippen molar-refractivity contribution in [2.75, 3.05) is 13.1 Å². The summed E-state index contributed by atoms with van der Waals surface area (Å²) in [6, 6.07) is 6.86. The lowest BCUT2D eigenvalue weighted by molar-refractivity contribution is -0.133. The van der Waals surface area contributed by atoms with Crippen LogP contribution in [0.5, 0.6) is 0 Å². The number of aliphatic hydroxyl groups excluding tert-OH is 1. The van der Waals surface area contributed by atoms with Gasteiger partial charge < -0.3 is 36.4 Å². The minimum absolute atomic E-state index is 0.120. The largest absolute Gasteiger partial charge is 0.445 e. The second-order valence-corrected chi connectivity index (χ2v) is 13.8. The molecule has 1 aromatic carbocycles. The summed E-state index contributed by atoms with van der Waals surface area (Å²) >= 11 is 0. The molecule has 0 aromatic heterocycles. The van der Waals surface area contributed by atoms with Crippen LogP contribution in [0.2, 0.25) is 0 Å². The van der Waals surface area contributed by atoms with Gasteiger partial charge in [0.05, 0.1) is 12.1 Å². The molecule has 12 heteroatoms. The molecule has 0 bridgehead atoms. The average molecular weight is 688 g/mol. The molecular weight excluding hydrogens is 626 g/mol. The van der Waals surface area contributed by atoms with Crippen LogP contribution < -0.4 is 26.6 Å². The number of carbonyl (C=O) groups excluding carboxylic acids is 5. The fourth-order valence-corrected chi connectivity index (χ4v) is 6.14. The molecule has 49 heavy (non-hydrogen) atoms. The lowest BCUT2D eigenvalue weighted by Crippen LogP contribution is -2.58. The van der Waals surface area contributed by atoms with Crippen molar-refractivity contribution in [1.29, 1.82) is 0 Å². The maximum Gasteiger partial charge on any atom is 0.407 e. The van der Waals surface area contributed by atoms with Crippen molar-refractivity contribution in [3.63, 3.8) is 0 Å². The van der Waals surface area contributed by atoms with Crippen LogP contribution in [-0.2, 0) is 30.5 Å². The Morgan fingerprint density at radius 3 is 2.16 bits per heavy atom. The Morgan fingerprint density at radius 1 is 0.857 bits per heavy atom. The number of amides is 5. The Morgan fingerprint density at radius 2 is 1.53 bits per heavy atom. The monoisotopic (exact) mass is 687 g/mol. The summed E-state index contributed by atoms with van der Waals surface area (Å²) in [6.07, 6.45) is 7.14. The van der Waals surface area contributed by atoms with E-state index in [1.807, 2.05) is 44.2 Å². The van der Waals surface area contributed by atoms with Crippen LogP contribution in [0.25, 0.3) is 0 Å². The third kappa shape index (κ3) is 16.5. The predicted octanol–water partition coefficient (Wildman–Crippen LogP) is 4.10. The summed E-state index contributed by atoms with van der Waals surface area (Å²) in [5.74, 6) is -1.83. The molecule has 276 valence electrons. The van der Waals surface area contributed by atoms with Crippen molar-refractivity contribution < 1.29 is 33.8 Å². The quantitative estimate of drug-likeness (QED) is 0.106. The maximum atomic E-state index is 13.8. The molecule has 1 aliphatic carbocycles. The van der Waals surface area contributed by atoms with Gasteiger partial charge in [0.2, 0.25) is 23.6 Å². The molecule has 5 atom stereocenters. The molecule has 1 aliphatic rings. The van der Waals surface area contributed by atoms with Crippen molar-refractivity contribution in [2.24, 2.45) is 17.8 Å². The highest BCUT2D eigenvalue weighted by Crippen LogP contribution is 2.29. The number of ether oxygens (including phenoxy) is 1. The topological polar surface area (TPSA) is 175 Å². The molecule has 1 saturated carbocycles. The number of hydrogen-bond acceptors (Lipinski definition) is 7. The first-order chi connectivity index (χ1) is 23.4. The van der Waals surface area contributed by atoms with Gasteiger partial charge >= 0.3 is 6.09 Å². The zero-order valence-electron chi connectivity index (χ0n) is 30.2. The van der Waals surface area contributed by atoms with Gasteiger partial charge in [-0.2, -0.15) is 0 Å². The molecule has 0 unspecified atom stereocenters. The zero-order chi connectivity index (χ0) is 36.2. The normalized spacial score (nSPS) is 16.4. The summed E-state index contributed by atoms with van der Waals surface area (Å²) in [7, 11) is 0. The second-order valence-electron chi connectivity index (χ2n) is 13.8. The van der Waals surface area contributed by atoms with Crippen LogP contribution in [0, 0.1) is 17.8 Å². The van der Waals surface area contributed by atoms with E-state index in [0.717, 1.165) is 44.1 Å². The Bertz CT molecular complexity index is 1160. The van der Waals surface area contributed by atoms with Crippen molar-refractivity contribution in [3.05, 3.63) is 35.9 Å². The van der Waals surface area contributed by atoms with Crippen molar-refractivity contribution in [2.45, 2.75) is 136 Å². The molecule has 1 fully saturated rings. The molecule has 0 saturated heterocycles. The number of unbranched alkanes of at least 4 members (excludes halogenated alkanes) is 1. The van der Waals surface area contributed by atoms with Gasteiger partial charge in [-0.25, -0.2) is 4.79 Å². The van der Waals surface area contributed by atoms with Crippen LogP contribution in [0.15, 0.2) is 30.3 Å². The fourth-order valence-electron chi connectivity index (χ4n) is 6.14. The molecule has 2 rings (SSSR count). The highest BCUT2D eigenvalue weighted by atomic mass is 16.5. The van der Waals surface area contributed by atoms with E-state index in [0.29, 0.717) is 25.3 Å². The van der Waals surface area contributed by atoms with Crippen LogP contribution in [-0.4, -0.2) is 72.1 Å². The van der Waals surface area contributed by atoms with Gasteiger partial charge in [0.25, 0.3) is 0 Å². The van der Waals surface area contributed by atoms with Gasteiger partial charge in [-0.05, 0) is 49.5 Å². The van der Waals surface area contributed by atoms with E-state index in [-0.39, 0.29) is 37.8 Å². The average Bonchev–Trinajstić information content (AvgIpc) is 3.07. The molecule has 0 spiro atoms. The summed E-state index contributed by atoms with van der Waals surface area (Å²) in [5.41, 5.74) is 0.860. The first kappa shape index (κ1) is 41.5. The molecule has 6 N–H and O–H groups in total. The molecular formula is C37H61N5O7. The highest BCUT2D eigenvalue weighted by Gasteiger charge is 2.33. The minimum atomic E-state index is -0.944. The smallest absolute Gasteiger partial charge is 0.407 e.